The average Bonchev–Trinajstić information content (AvgIpc) is 3.21. The maximum Gasteiger partial charge on any atom is 0.306 e. The molecular formula is C52H100O6. The van der Waals surface area contributed by atoms with E-state index in [-0.39, 0.29) is 31.1 Å². The fraction of sp³-hybridized carbons (Fsp3) is 0.942. The molecule has 344 valence electrons. The largest absolute Gasteiger partial charge is 0.462 e. The number of rotatable bonds is 46. The highest BCUT2D eigenvalue weighted by molar-refractivity contribution is 5.71. The van der Waals surface area contributed by atoms with E-state index >= 15 is 0 Å². The van der Waals surface area contributed by atoms with Crippen LogP contribution >= 0.6 is 0 Å². The Morgan fingerprint density at radius 2 is 0.655 bits per heavy atom. The van der Waals surface area contributed by atoms with Crippen LogP contribution in [0.3, 0.4) is 0 Å². The second kappa shape index (κ2) is 44.9. The van der Waals surface area contributed by atoms with E-state index in [1.165, 1.54) is 173 Å². The predicted molar refractivity (Wildman–Crippen MR) is 247 cm³/mol. The van der Waals surface area contributed by atoms with Gasteiger partial charge >= 0.3 is 17.9 Å². The summed E-state index contributed by atoms with van der Waals surface area (Å²) in [5, 5.41) is 0. The maximum atomic E-state index is 12.7. The zero-order chi connectivity index (χ0) is 42.6. The van der Waals surface area contributed by atoms with Crippen LogP contribution in [0, 0.1) is 11.8 Å². The first-order chi connectivity index (χ1) is 28.3. The summed E-state index contributed by atoms with van der Waals surface area (Å²) in [7, 11) is 0. The third kappa shape index (κ3) is 44.0. The van der Waals surface area contributed by atoms with Crippen LogP contribution in [0.25, 0.3) is 0 Å². The van der Waals surface area contributed by atoms with E-state index in [1.54, 1.807) is 0 Å². The molecule has 0 amide bonds. The summed E-state index contributed by atoms with van der Waals surface area (Å²) in [5.41, 5.74) is 0. The van der Waals surface area contributed by atoms with Gasteiger partial charge < -0.3 is 14.2 Å². The number of ether oxygens (including phenoxy) is 3. The molecule has 6 nitrogen and oxygen atoms in total. The fourth-order valence-corrected chi connectivity index (χ4v) is 7.78. The van der Waals surface area contributed by atoms with E-state index in [0.717, 1.165) is 69.6 Å². The van der Waals surface area contributed by atoms with Crippen LogP contribution in [-0.4, -0.2) is 37.2 Å². The first kappa shape index (κ1) is 56.4. The van der Waals surface area contributed by atoms with Crippen molar-refractivity contribution in [3.63, 3.8) is 0 Å². The van der Waals surface area contributed by atoms with Crippen LogP contribution in [0.1, 0.15) is 285 Å². The van der Waals surface area contributed by atoms with E-state index in [0.29, 0.717) is 19.3 Å². The van der Waals surface area contributed by atoms with Crippen molar-refractivity contribution in [2.75, 3.05) is 13.2 Å². The molecule has 0 spiro atoms. The van der Waals surface area contributed by atoms with Crippen LogP contribution in [0.2, 0.25) is 0 Å². The van der Waals surface area contributed by atoms with Crippen LogP contribution in [0.5, 0.6) is 0 Å². The zero-order valence-corrected chi connectivity index (χ0v) is 39.7. The SMILES string of the molecule is CCCCCCCCCC(=O)OC[C@H](COC(=O)CCCCCCCCCCCCCCCCCCCCC(C)CC)OC(=O)CCCCCCCCCCC(C)C. The van der Waals surface area contributed by atoms with E-state index in [2.05, 4.69) is 34.6 Å². The zero-order valence-electron chi connectivity index (χ0n) is 39.7. The molecule has 2 atom stereocenters. The van der Waals surface area contributed by atoms with Gasteiger partial charge in [0.05, 0.1) is 0 Å². The first-order valence-electron chi connectivity index (χ1n) is 25.8. The summed E-state index contributed by atoms with van der Waals surface area (Å²) in [5.74, 6) is 0.845. The molecule has 0 aromatic carbocycles. The van der Waals surface area contributed by atoms with E-state index in [1.807, 2.05) is 0 Å². The molecule has 0 rings (SSSR count). The van der Waals surface area contributed by atoms with Gasteiger partial charge in [0.25, 0.3) is 0 Å². The Kier molecular flexibility index (Phi) is 43.7. The van der Waals surface area contributed by atoms with Crippen molar-refractivity contribution in [2.45, 2.75) is 291 Å². The van der Waals surface area contributed by atoms with Gasteiger partial charge in [-0.15, -0.1) is 0 Å². The number of hydrogen-bond acceptors (Lipinski definition) is 6. The van der Waals surface area contributed by atoms with E-state index in [9.17, 15) is 14.4 Å². The molecule has 0 aliphatic heterocycles. The Morgan fingerprint density at radius 1 is 0.362 bits per heavy atom. The Hall–Kier alpha value is -1.59. The van der Waals surface area contributed by atoms with Gasteiger partial charge in [-0.05, 0) is 31.1 Å². The average molecular weight is 821 g/mol. The molecule has 0 bridgehead atoms. The number of esters is 3. The summed E-state index contributed by atoms with van der Waals surface area (Å²) in [6.45, 7) is 11.3. The number of carbonyl (C=O) groups excluding carboxylic acids is 3. The molecule has 1 unspecified atom stereocenters. The van der Waals surface area contributed by atoms with Crippen molar-refractivity contribution in [1.82, 2.24) is 0 Å². The third-order valence-corrected chi connectivity index (χ3v) is 12.1. The lowest BCUT2D eigenvalue weighted by Gasteiger charge is -2.18. The quantitative estimate of drug-likeness (QED) is 0.0346. The minimum Gasteiger partial charge on any atom is -0.462 e. The molecule has 58 heavy (non-hydrogen) atoms. The van der Waals surface area contributed by atoms with Crippen molar-refractivity contribution in [2.24, 2.45) is 11.8 Å². The van der Waals surface area contributed by atoms with E-state index < -0.39 is 6.10 Å². The molecule has 0 aliphatic rings. The summed E-state index contributed by atoms with van der Waals surface area (Å²) in [4.78, 5) is 37.7. The lowest BCUT2D eigenvalue weighted by Crippen LogP contribution is -2.30. The Labute approximate surface area is 361 Å². The Balaban J connectivity index is 4.10. The summed E-state index contributed by atoms with van der Waals surface area (Å²) in [6.07, 6.45) is 45.4. The Morgan fingerprint density at radius 3 is 0.983 bits per heavy atom. The number of carbonyl (C=O) groups is 3. The number of hydrogen-bond donors (Lipinski definition) is 0. The molecule has 0 aromatic rings. The summed E-state index contributed by atoms with van der Waals surface area (Å²) < 4.78 is 16.7. The molecule has 6 heteroatoms. The second-order valence-corrected chi connectivity index (χ2v) is 18.5. The minimum atomic E-state index is -0.760. The van der Waals surface area contributed by atoms with E-state index in [4.69, 9.17) is 14.2 Å². The minimum absolute atomic E-state index is 0.0647. The third-order valence-electron chi connectivity index (χ3n) is 12.1. The normalized spacial score (nSPS) is 12.5. The second-order valence-electron chi connectivity index (χ2n) is 18.5. The monoisotopic (exact) mass is 821 g/mol. The van der Waals surface area contributed by atoms with Crippen LogP contribution in [0.15, 0.2) is 0 Å². The fourth-order valence-electron chi connectivity index (χ4n) is 7.78. The molecule has 0 heterocycles. The highest BCUT2D eigenvalue weighted by atomic mass is 16.6. The van der Waals surface area contributed by atoms with Crippen molar-refractivity contribution in [1.29, 1.82) is 0 Å². The lowest BCUT2D eigenvalue weighted by molar-refractivity contribution is -0.167. The molecule has 0 saturated heterocycles. The van der Waals surface area contributed by atoms with Crippen LogP contribution in [0.4, 0.5) is 0 Å². The number of unbranched alkanes of at least 4 members (excludes halogenated alkanes) is 30. The highest BCUT2D eigenvalue weighted by Gasteiger charge is 2.19. The summed E-state index contributed by atoms with van der Waals surface area (Å²) in [6, 6.07) is 0. The van der Waals surface area contributed by atoms with Crippen LogP contribution < -0.4 is 0 Å². The van der Waals surface area contributed by atoms with Gasteiger partial charge in [0.2, 0.25) is 0 Å². The van der Waals surface area contributed by atoms with Crippen LogP contribution in [-0.2, 0) is 28.6 Å². The molecule has 0 saturated carbocycles. The van der Waals surface area contributed by atoms with Gasteiger partial charge in [-0.1, -0.05) is 247 Å². The predicted octanol–water partition coefficient (Wildman–Crippen LogP) is 16.5. The van der Waals surface area contributed by atoms with Gasteiger partial charge in [-0.3, -0.25) is 14.4 Å². The van der Waals surface area contributed by atoms with Crippen molar-refractivity contribution >= 4 is 17.9 Å². The molecular weight excluding hydrogens is 721 g/mol. The lowest BCUT2D eigenvalue weighted by atomic mass is 9.99. The smallest absolute Gasteiger partial charge is 0.306 e. The van der Waals surface area contributed by atoms with Crippen molar-refractivity contribution < 1.29 is 28.6 Å². The van der Waals surface area contributed by atoms with Gasteiger partial charge in [0, 0.05) is 19.3 Å². The maximum absolute atomic E-state index is 12.7. The van der Waals surface area contributed by atoms with Gasteiger partial charge in [0.1, 0.15) is 13.2 Å². The summed E-state index contributed by atoms with van der Waals surface area (Å²) >= 11 is 0. The molecule has 0 aromatic heterocycles. The van der Waals surface area contributed by atoms with Gasteiger partial charge in [0.15, 0.2) is 6.10 Å². The molecule has 0 N–H and O–H groups in total. The molecule has 0 radical (unpaired) electrons. The van der Waals surface area contributed by atoms with Gasteiger partial charge in [-0.2, -0.15) is 0 Å². The molecule has 0 fully saturated rings. The molecule has 0 aliphatic carbocycles. The standard InChI is InChI=1S/C52H100O6/c1-6-8-9-10-25-32-37-42-50(53)56-45-49(58-52(55)44-39-34-29-24-23-26-30-35-40-47(3)4)46-57-51(54)43-38-33-28-22-20-18-16-14-12-11-13-15-17-19-21-27-31-36-41-48(5)7-2/h47-49H,6-46H2,1-5H3/t48?,49-/m1/s1. The van der Waals surface area contributed by atoms with Gasteiger partial charge in [-0.25, -0.2) is 0 Å². The topological polar surface area (TPSA) is 78.9 Å². The van der Waals surface area contributed by atoms with Crippen molar-refractivity contribution in [3.8, 4) is 0 Å². The van der Waals surface area contributed by atoms with Crippen molar-refractivity contribution in [3.05, 3.63) is 0 Å². The first-order valence-corrected chi connectivity index (χ1v) is 25.8. The Bertz CT molecular complexity index is 887. The highest BCUT2D eigenvalue weighted by Crippen LogP contribution is 2.18.